The monoisotopic (exact) mass is 577 g/mol. The number of hydrogen-bond donors (Lipinski definition) is 2. The standard InChI is InChI=1S/C28H24FN5O6S/c1-13-11-33-20-16(10-28(22(33)14(2)39-13)24(35)30-26(37)31-25(28)36)9-18-21(19(20)29)40-32-23(18)34-17(12-41-27(34)38)8-15-6-4-3-5-7-15/h3-7,9,12-14,22H,8,10-11H2,1-2H3,(H2,30,31,35,36,37)/t13-,14+,22-/m1/s1. The summed E-state index contributed by atoms with van der Waals surface area (Å²) in [7, 11) is 0. The molecular formula is C28H24FN5O6S. The van der Waals surface area contributed by atoms with E-state index in [0.717, 1.165) is 16.9 Å². The quantitative estimate of drug-likeness (QED) is 0.355. The molecule has 11 nitrogen and oxygen atoms in total. The van der Waals surface area contributed by atoms with Crippen LogP contribution in [0, 0.1) is 11.2 Å². The van der Waals surface area contributed by atoms with E-state index in [2.05, 4.69) is 15.8 Å². The van der Waals surface area contributed by atoms with E-state index in [4.69, 9.17) is 9.26 Å². The summed E-state index contributed by atoms with van der Waals surface area (Å²) in [5.41, 5.74) is 0.244. The lowest BCUT2D eigenvalue weighted by atomic mass is 9.66. The molecule has 3 aliphatic rings. The number of urea groups is 1. The van der Waals surface area contributed by atoms with Crippen LogP contribution in [0.5, 0.6) is 0 Å². The number of carbonyl (C=O) groups is 3. The third-order valence-corrected chi connectivity index (χ3v) is 8.93. The molecule has 1 spiro atoms. The highest BCUT2D eigenvalue weighted by Gasteiger charge is 2.63. The van der Waals surface area contributed by atoms with Gasteiger partial charge >= 0.3 is 10.9 Å². The Morgan fingerprint density at radius 1 is 1.12 bits per heavy atom. The SMILES string of the molecule is C[C@@H]1CN2c3c(cc4c(-n5c(Cc6ccccc6)csc5=O)noc4c3F)CC3(C(=O)NC(=O)NC3=O)[C@H]2[C@H](C)O1. The van der Waals surface area contributed by atoms with E-state index in [1.807, 2.05) is 37.3 Å². The molecule has 0 bridgehead atoms. The Balaban J connectivity index is 1.42. The Hall–Kier alpha value is -4.36. The lowest BCUT2D eigenvalue weighted by molar-refractivity contribution is -0.153. The molecule has 7 rings (SSSR count). The maximum absolute atomic E-state index is 16.4. The van der Waals surface area contributed by atoms with Gasteiger partial charge in [0.05, 0.1) is 29.3 Å². The van der Waals surface area contributed by atoms with E-state index in [1.54, 1.807) is 23.3 Å². The third-order valence-electron chi connectivity index (χ3n) is 8.15. The molecule has 2 aromatic carbocycles. The zero-order valence-electron chi connectivity index (χ0n) is 22.0. The number of nitrogens with zero attached hydrogens (tertiary/aromatic N) is 3. The predicted octanol–water partition coefficient (Wildman–Crippen LogP) is 2.66. The van der Waals surface area contributed by atoms with Crippen molar-refractivity contribution in [2.24, 2.45) is 5.41 Å². The summed E-state index contributed by atoms with van der Waals surface area (Å²) >= 11 is 0.996. The van der Waals surface area contributed by atoms with Gasteiger partial charge < -0.3 is 14.2 Å². The Morgan fingerprint density at radius 3 is 2.59 bits per heavy atom. The van der Waals surface area contributed by atoms with Gasteiger partial charge in [-0.05, 0) is 31.0 Å². The van der Waals surface area contributed by atoms with Crippen molar-refractivity contribution in [3.05, 3.63) is 74.1 Å². The fourth-order valence-corrected chi connectivity index (χ4v) is 7.32. The molecule has 2 saturated heterocycles. The van der Waals surface area contributed by atoms with Gasteiger partial charge in [0, 0.05) is 30.5 Å². The molecule has 2 fully saturated rings. The van der Waals surface area contributed by atoms with E-state index < -0.39 is 41.2 Å². The van der Waals surface area contributed by atoms with Crippen molar-refractivity contribution in [1.29, 1.82) is 0 Å². The molecule has 4 aromatic rings. The van der Waals surface area contributed by atoms with Crippen LogP contribution in [0.2, 0.25) is 0 Å². The van der Waals surface area contributed by atoms with E-state index in [1.165, 1.54) is 4.57 Å². The minimum absolute atomic E-state index is 0.117. The van der Waals surface area contributed by atoms with Crippen LogP contribution >= 0.6 is 11.3 Å². The number of imide groups is 2. The molecule has 0 saturated carbocycles. The number of ether oxygens (including phenoxy) is 1. The Bertz CT molecular complexity index is 1790. The molecule has 2 aromatic heterocycles. The zero-order valence-corrected chi connectivity index (χ0v) is 22.8. The molecule has 4 amide bonds. The lowest BCUT2D eigenvalue weighted by Gasteiger charge is -2.55. The number of morpholine rings is 1. The van der Waals surface area contributed by atoms with Gasteiger partial charge in [0.15, 0.2) is 17.1 Å². The van der Waals surface area contributed by atoms with Crippen LogP contribution < -0.4 is 20.4 Å². The van der Waals surface area contributed by atoms with Gasteiger partial charge in [-0.1, -0.05) is 46.8 Å². The van der Waals surface area contributed by atoms with Gasteiger partial charge in [-0.3, -0.25) is 29.6 Å². The molecular weight excluding hydrogens is 553 g/mol. The van der Waals surface area contributed by atoms with Crippen molar-refractivity contribution >= 4 is 45.8 Å². The Morgan fingerprint density at radius 2 is 1.85 bits per heavy atom. The number of halogens is 1. The number of benzene rings is 2. The number of anilines is 1. The van der Waals surface area contributed by atoms with E-state index >= 15 is 4.39 Å². The second kappa shape index (κ2) is 9.08. The molecule has 0 aliphatic carbocycles. The van der Waals surface area contributed by atoms with Gasteiger partial charge in [-0.2, -0.15) is 0 Å². The van der Waals surface area contributed by atoms with Crippen molar-refractivity contribution in [1.82, 2.24) is 20.4 Å². The largest absolute Gasteiger partial charge is 0.372 e. The average molecular weight is 578 g/mol. The minimum atomic E-state index is -1.77. The van der Waals surface area contributed by atoms with E-state index in [9.17, 15) is 19.2 Å². The van der Waals surface area contributed by atoms with Gasteiger partial charge in [0.1, 0.15) is 0 Å². The molecule has 0 unspecified atom stereocenters. The smallest absolute Gasteiger partial charge is 0.328 e. The number of barbiturate groups is 1. The average Bonchev–Trinajstić information content (AvgIpc) is 3.50. The second-order valence-corrected chi connectivity index (χ2v) is 11.5. The van der Waals surface area contributed by atoms with Gasteiger partial charge in [-0.15, -0.1) is 0 Å². The van der Waals surface area contributed by atoms with Crippen LogP contribution in [0.3, 0.4) is 0 Å². The third kappa shape index (κ3) is 3.68. The number of rotatable bonds is 3. The number of thiazole rings is 1. The molecule has 210 valence electrons. The fourth-order valence-electron chi connectivity index (χ4n) is 6.59. The first kappa shape index (κ1) is 25.6. The summed E-state index contributed by atoms with van der Waals surface area (Å²) in [5.74, 6) is -2.14. The number of nitrogens with one attached hydrogen (secondary N) is 2. The lowest BCUT2D eigenvalue weighted by Crippen LogP contribution is -2.75. The first-order chi connectivity index (χ1) is 19.7. The topological polar surface area (TPSA) is 136 Å². The molecule has 3 aliphatic heterocycles. The van der Waals surface area contributed by atoms with Gasteiger partial charge in [-0.25, -0.2) is 9.18 Å². The van der Waals surface area contributed by atoms with Crippen molar-refractivity contribution in [2.45, 2.75) is 44.9 Å². The van der Waals surface area contributed by atoms with Gasteiger partial charge in [0.25, 0.3) is 0 Å². The Labute approximate surface area is 235 Å². The van der Waals surface area contributed by atoms with E-state index in [0.29, 0.717) is 17.7 Å². The van der Waals surface area contributed by atoms with Crippen LogP contribution in [-0.2, 0) is 27.2 Å². The summed E-state index contributed by atoms with van der Waals surface area (Å²) in [4.78, 5) is 53.3. The Kier molecular flexibility index (Phi) is 5.67. The highest BCUT2D eigenvalue weighted by Crippen LogP contribution is 2.49. The summed E-state index contributed by atoms with van der Waals surface area (Å²) in [6.07, 6.45) is -0.763. The predicted molar refractivity (Wildman–Crippen MR) is 146 cm³/mol. The first-order valence-electron chi connectivity index (χ1n) is 13.1. The van der Waals surface area contributed by atoms with Crippen molar-refractivity contribution in [2.75, 3.05) is 11.4 Å². The van der Waals surface area contributed by atoms with Crippen LogP contribution in [0.1, 0.15) is 30.7 Å². The number of amides is 4. The molecule has 41 heavy (non-hydrogen) atoms. The summed E-state index contributed by atoms with van der Waals surface area (Å²) < 4.78 is 29.3. The highest BCUT2D eigenvalue weighted by atomic mass is 32.1. The summed E-state index contributed by atoms with van der Waals surface area (Å²) in [6.45, 7) is 3.72. The molecule has 2 N–H and O–H groups in total. The van der Waals surface area contributed by atoms with Gasteiger partial charge in [0.2, 0.25) is 17.4 Å². The molecule has 13 heteroatoms. The maximum atomic E-state index is 16.4. The molecule has 5 heterocycles. The van der Waals surface area contributed by atoms with Crippen molar-refractivity contribution in [3.63, 3.8) is 0 Å². The first-order valence-corrected chi connectivity index (χ1v) is 14.0. The number of fused-ring (bicyclic) bond motifs is 5. The van der Waals surface area contributed by atoms with Crippen molar-refractivity contribution in [3.8, 4) is 5.82 Å². The zero-order chi connectivity index (χ0) is 28.6. The van der Waals surface area contributed by atoms with Crippen LogP contribution in [-0.4, -0.2) is 52.4 Å². The minimum Gasteiger partial charge on any atom is -0.372 e. The number of carbonyl (C=O) groups excluding carboxylic acids is 3. The van der Waals surface area contributed by atoms with Crippen molar-refractivity contribution < 1.29 is 28.0 Å². The summed E-state index contributed by atoms with van der Waals surface area (Å²) in [5, 5.41) is 10.5. The second-order valence-electron chi connectivity index (χ2n) is 10.7. The normalized spacial score (nSPS) is 23.3. The van der Waals surface area contributed by atoms with E-state index in [-0.39, 0.29) is 46.4 Å². The number of hydrogen-bond acceptors (Lipinski definition) is 9. The fraction of sp³-hybridized carbons (Fsp3) is 0.321. The molecule has 0 radical (unpaired) electrons. The maximum Gasteiger partial charge on any atom is 0.328 e. The summed E-state index contributed by atoms with van der Waals surface area (Å²) in [6, 6.07) is 9.39. The van der Waals surface area contributed by atoms with Crippen LogP contribution in [0.15, 0.2) is 51.1 Å². The van der Waals surface area contributed by atoms with Crippen LogP contribution in [0.25, 0.3) is 16.8 Å². The van der Waals surface area contributed by atoms with Crippen LogP contribution in [0.4, 0.5) is 14.9 Å². The highest BCUT2D eigenvalue weighted by molar-refractivity contribution is 7.07. The molecule has 3 atom stereocenters. The number of aromatic nitrogens is 2.